The van der Waals surface area contributed by atoms with Crippen molar-refractivity contribution in [3.8, 4) is 0 Å². The molecule has 1 aromatic carbocycles. The Bertz CT molecular complexity index is 694. The third kappa shape index (κ3) is 5.74. The van der Waals surface area contributed by atoms with Crippen molar-refractivity contribution in [2.24, 2.45) is 0 Å². The molecule has 2 unspecified atom stereocenters. The van der Waals surface area contributed by atoms with E-state index in [1.165, 1.54) is 0 Å². The summed E-state index contributed by atoms with van der Waals surface area (Å²) < 4.78 is 5.07. The number of aliphatic hydroxyl groups excluding tert-OH is 2. The van der Waals surface area contributed by atoms with E-state index in [4.69, 9.17) is 10.5 Å². The predicted molar refractivity (Wildman–Crippen MR) is 93.6 cm³/mol. The third-order valence-electron chi connectivity index (χ3n) is 3.69. The van der Waals surface area contributed by atoms with Crippen LogP contribution in [0.4, 0.5) is 10.6 Å². The van der Waals surface area contributed by atoms with Gasteiger partial charge in [0.1, 0.15) is 18.5 Å². The predicted octanol–water partition coefficient (Wildman–Crippen LogP) is 1.68. The molecule has 2 rings (SSSR count). The first kappa shape index (κ1) is 18.7. The molecule has 0 saturated heterocycles. The summed E-state index contributed by atoms with van der Waals surface area (Å²) in [4.78, 5) is 15.6. The molecule has 2 atom stereocenters. The van der Waals surface area contributed by atoms with Gasteiger partial charge in [0.05, 0.1) is 6.10 Å². The fraction of sp³-hybridized carbons (Fsp3) is 0.333. The highest BCUT2D eigenvalue weighted by atomic mass is 16.5. The van der Waals surface area contributed by atoms with E-state index in [9.17, 15) is 15.0 Å². The molecule has 1 amide bonds. The van der Waals surface area contributed by atoms with Crippen molar-refractivity contribution in [1.82, 2.24) is 10.3 Å². The number of carbonyl (C=O) groups excluding carboxylic acids is 1. The molecular weight excluding hydrogens is 322 g/mol. The van der Waals surface area contributed by atoms with Crippen molar-refractivity contribution < 1.29 is 19.7 Å². The number of nitrogens with two attached hydrogens (primary N) is 1. The molecule has 0 saturated carbocycles. The molecule has 0 spiro atoms. The lowest BCUT2D eigenvalue weighted by atomic mass is 10.0. The summed E-state index contributed by atoms with van der Waals surface area (Å²) in [5.41, 5.74) is 7.82. The van der Waals surface area contributed by atoms with Gasteiger partial charge in [0, 0.05) is 18.3 Å². The van der Waals surface area contributed by atoms with Gasteiger partial charge < -0.3 is 26.0 Å². The number of nitrogens with one attached hydrogen (secondary N) is 1. The number of ether oxygens (including phenoxy) is 1. The standard InChI is InChI=1S/C18H23N3O4/c1-12-9-14(17(19)21-10-12)16(23)15(22)7-8-20-18(24)25-11-13-5-3-2-4-6-13/h2-6,9-10,15-16,22-23H,7-8,11H2,1H3,(H2,19,21)(H,20,24). The first-order valence-corrected chi connectivity index (χ1v) is 8.00. The van der Waals surface area contributed by atoms with Gasteiger partial charge >= 0.3 is 6.09 Å². The van der Waals surface area contributed by atoms with Crippen LogP contribution in [0.3, 0.4) is 0 Å². The topological polar surface area (TPSA) is 118 Å². The summed E-state index contributed by atoms with van der Waals surface area (Å²) in [5.74, 6) is 0.174. The molecule has 0 aliphatic heterocycles. The van der Waals surface area contributed by atoms with Crippen LogP contribution in [0.25, 0.3) is 0 Å². The Balaban J connectivity index is 1.75. The number of rotatable bonds is 7. The van der Waals surface area contributed by atoms with Crippen molar-refractivity contribution in [1.29, 1.82) is 0 Å². The Morgan fingerprint density at radius 1 is 1.32 bits per heavy atom. The summed E-state index contributed by atoms with van der Waals surface area (Å²) >= 11 is 0. The minimum atomic E-state index is -1.17. The number of aliphatic hydroxyl groups is 2. The average Bonchev–Trinajstić information content (AvgIpc) is 2.62. The number of alkyl carbamates (subject to hydrolysis) is 1. The molecule has 7 heteroatoms. The summed E-state index contributed by atoms with van der Waals surface area (Å²) in [5, 5.41) is 22.8. The maximum absolute atomic E-state index is 11.6. The number of carbonyl (C=O) groups is 1. The molecular formula is C18H23N3O4. The summed E-state index contributed by atoms with van der Waals surface area (Å²) in [6, 6.07) is 11.0. The molecule has 1 heterocycles. The van der Waals surface area contributed by atoms with Gasteiger partial charge in [-0.3, -0.25) is 0 Å². The SMILES string of the molecule is Cc1cnc(N)c(C(O)C(O)CCNC(=O)OCc2ccccc2)c1. The van der Waals surface area contributed by atoms with E-state index in [1.54, 1.807) is 12.3 Å². The van der Waals surface area contributed by atoms with Crippen LogP contribution in [0.15, 0.2) is 42.6 Å². The summed E-state index contributed by atoms with van der Waals surface area (Å²) in [6.07, 6.45) is -1.10. The van der Waals surface area contributed by atoms with Crippen LogP contribution in [-0.2, 0) is 11.3 Å². The molecule has 7 nitrogen and oxygen atoms in total. The van der Waals surface area contributed by atoms with Crippen LogP contribution in [0, 0.1) is 6.92 Å². The molecule has 0 fully saturated rings. The normalized spacial score (nSPS) is 13.1. The number of hydrogen-bond donors (Lipinski definition) is 4. The Kier molecular flexibility index (Phi) is 6.73. The first-order chi connectivity index (χ1) is 12.0. The highest BCUT2D eigenvalue weighted by molar-refractivity contribution is 5.67. The summed E-state index contributed by atoms with van der Waals surface area (Å²) in [6.45, 7) is 2.15. The molecule has 1 aromatic heterocycles. The van der Waals surface area contributed by atoms with E-state index >= 15 is 0 Å². The zero-order valence-corrected chi connectivity index (χ0v) is 14.1. The van der Waals surface area contributed by atoms with E-state index < -0.39 is 18.3 Å². The number of aromatic nitrogens is 1. The number of pyridine rings is 1. The average molecular weight is 345 g/mol. The van der Waals surface area contributed by atoms with Crippen molar-refractivity contribution in [2.75, 3.05) is 12.3 Å². The number of amides is 1. The zero-order chi connectivity index (χ0) is 18.2. The van der Waals surface area contributed by atoms with E-state index in [0.29, 0.717) is 5.56 Å². The summed E-state index contributed by atoms with van der Waals surface area (Å²) in [7, 11) is 0. The molecule has 5 N–H and O–H groups in total. The van der Waals surface area contributed by atoms with Gasteiger partial charge in [0.2, 0.25) is 0 Å². The van der Waals surface area contributed by atoms with E-state index in [2.05, 4.69) is 10.3 Å². The number of hydrogen-bond acceptors (Lipinski definition) is 6. The highest BCUT2D eigenvalue weighted by Crippen LogP contribution is 2.23. The number of aryl methyl sites for hydroxylation is 1. The van der Waals surface area contributed by atoms with Gasteiger partial charge in [-0.15, -0.1) is 0 Å². The largest absolute Gasteiger partial charge is 0.445 e. The van der Waals surface area contributed by atoms with Gasteiger partial charge in [0.25, 0.3) is 0 Å². The maximum atomic E-state index is 11.6. The Labute approximate surface area is 146 Å². The Hall–Kier alpha value is -2.64. The van der Waals surface area contributed by atoms with Crippen LogP contribution in [0.2, 0.25) is 0 Å². The quantitative estimate of drug-likeness (QED) is 0.606. The van der Waals surface area contributed by atoms with Crippen molar-refractivity contribution in [3.05, 3.63) is 59.3 Å². The molecule has 0 bridgehead atoms. The molecule has 2 aromatic rings. The second-order valence-electron chi connectivity index (χ2n) is 5.78. The number of nitrogen functional groups attached to an aromatic ring is 1. The van der Waals surface area contributed by atoms with Crippen LogP contribution >= 0.6 is 0 Å². The van der Waals surface area contributed by atoms with Crippen molar-refractivity contribution in [2.45, 2.75) is 32.2 Å². The number of benzene rings is 1. The number of anilines is 1. The van der Waals surface area contributed by atoms with E-state index in [1.807, 2.05) is 37.3 Å². The zero-order valence-electron chi connectivity index (χ0n) is 14.1. The van der Waals surface area contributed by atoms with E-state index in [-0.39, 0.29) is 25.4 Å². The molecule has 0 radical (unpaired) electrons. The maximum Gasteiger partial charge on any atom is 0.407 e. The second-order valence-corrected chi connectivity index (χ2v) is 5.78. The fourth-order valence-corrected chi connectivity index (χ4v) is 2.30. The van der Waals surface area contributed by atoms with Gasteiger partial charge in [0.15, 0.2) is 0 Å². The number of nitrogens with zero attached hydrogens (tertiary/aromatic N) is 1. The lowest BCUT2D eigenvalue weighted by molar-refractivity contribution is 0.0139. The molecule has 0 aliphatic carbocycles. The highest BCUT2D eigenvalue weighted by Gasteiger charge is 2.21. The van der Waals surface area contributed by atoms with Crippen LogP contribution in [0.1, 0.15) is 29.2 Å². The molecule has 134 valence electrons. The van der Waals surface area contributed by atoms with Crippen molar-refractivity contribution in [3.63, 3.8) is 0 Å². The van der Waals surface area contributed by atoms with Gasteiger partial charge in [-0.25, -0.2) is 9.78 Å². The Morgan fingerprint density at radius 2 is 2.04 bits per heavy atom. The lowest BCUT2D eigenvalue weighted by Gasteiger charge is -2.19. The Morgan fingerprint density at radius 3 is 2.76 bits per heavy atom. The minimum Gasteiger partial charge on any atom is -0.445 e. The van der Waals surface area contributed by atoms with Gasteiger partial charge in [-0.05, 0) is 30.5 Å². The molecule has 25 heavy (non-hydrogen) atoms. The van der Waals surface area contributed by atoms with Gasteiger partial charge in [-0.1, -0.05) is 30.3 Å². The van der Waals surface area contributed by atoms with Crippen molar-refractivity contribution >= 4 is 11.9 Å². The van der Waals surface area contributed by atoms with E-state index in [0.717, 1.165) is 11.1 Å². The molecule has 0 aliphatic rings. The second kappa shape index (κ2) is 9.00. The monoisotopic (exact) mass is 345 g/mol. The minimum absolute atomic E-state index is 0.148. The lowest BCUT2D eigenvalue weighted by Crippen LogP contribution is -2.30. The van der Waals surface area contributed by atoms with Crippen LogP contribution in [0.5, 0.6) is 0 Å². The van der Waals surface area contributed by atoms with Gasteiger partial charge in [-0.2, -0.15) is 0 Å². The fourth-order valence-electron chi connectivity index (χ4n) is 2.30. The first-order valence-electron chi connectivity index (χ1n) is 8.00. The van der Waals surface area contributed by atoms with Crippen LogP contribution < -0.4 is 11.1 Å². The van der Waals surface area contributed by atoms with Crippen LogP contribution in [-0.4, -0.2) is 33.9 Å². The third-order valence-corrected chi connectivity index (χ3v) is 3.69. The smallest absolute Gasteiger partial charge is 0.407 e.